The summed E-state index contributed by atoms with van der Waals surface area (Å²) < 4.78 is 2.05. The van der Waals surface area contributed by atoms with E-state index < -0.39 is 12.2 Å². The topological polar surface area (TPSA) is 126 Å². The average Bonchev–Trinajstić information content (AvgIpc) is 3.59. The highest BCUT2D eigenvalue weighted by molar-refractivity contribution is 5.99. The second kappa shape index (κ2) is 16.9. The molecule has 0 radical (unpaired) electrons. The third-order valence-corrected chi connectivity index (χ3v) is 11.8. The fourth-order valence-electron chi connectivity index (χ4n) is 8.74. The molecule has 2 aromatic heterocycles. The summed E-state index contributed by atoms with van der Waals surface area (Å²) in [6.07, 6.45) is 5.69. The standard InChI is InChI=1S/C46H50N8O5/c1-4-21-52-31-43(57)53-40(26-33-13-17-36(55)18-14-33)46(59)51(30-41(53)54(52)42(56)20-15-32-9-6-5-7-10-32)28-35-11-8-12-37-38(29-49(3)44(35)37)34-16-19-39(47-27-34)45(58)50-24-22-48(2)23-25-50/h4-14,16-19,27,29,40-41,55H,1,15,20-26,28,30-31H2,2-3H3/t40-,41-/m0/s1. The van der Waals surface area contributed by atoms with Crippen molar-refractivity contribution in [2.24, 2.45) is 7.05 Å². The maximum atomic E-state index is 14.8. The van der Waals surface area contributed by atoms with Crippen molar-refractivity contribution in [1.29, 1.82) is 0 Å². The van der Waals surface area contributed by atoms with E-state index in [1.165, 1.54) is 0 Å². The van der Waals surface area contributed by atoms with Crippen LogP contribution in [0.25, 0.3) is 22.0 Å². The van der Waals surface area contributed by atoms with Gasteiger partial charge in [-0.25, -0.2) is 10.0 Å². The zero-order chi connectivity index (χ0) is 41.2. The smallest absolute Gasteiger partial charge is 0.272 e. The molecule has 0 spiro atoms. The highest BCUT2D eigenvalue weighted by Crippen LogP contribution is 2.35. The Hall–Kier alpha value is -6.31. The normalized spacial score (nSPS) is 19.0. The van der Waals surface area contributed by atoms with Crippen LogP contribution < -0.4 is 0 Å². The first-order valence-corrected chi connectivity index (χ1v) is 20.2. The molecule has 13 nitrogen and oxygen atoms in total. The number of carbonyl (C=O) groups excluding carboxylic acids is 4. The molecule has 0 aliphatic carbocycles. The summed E-state index contributed by atoms with van der Waals surface area (Å²) in [5.41, 5.74) is 5.90. The van der Waals surface area contributed by atoms with Gasteiger partial charge in [0.15, 0.2) is 0 Å². The number of aromatic hydroxyl groups is 1. The van der Waals surface area contributed by atoms with Gasteiger partial charge in [-0.1, -0.05) is 72.8 Å². The lowest BCUT2D eigenvalue weighted by molar-refractivity contribution is -0.205. The Labute approximate surface area is 344 Å². The van der Waals surface area contributed by atoms with Gasteiger partial charge in [0, 0.05) is 88.1 Å². The fraction of sp³-hybridized carbons (Fsp3) is 0.326. The Morgan fingerprint density at radius 3 is 2.37 bits per heavy atom. The van der Waals surface area contributed by atoms with E-state index in [2.05, 4.69) is 23.5 Å². The number of likely N-dealkylation sites (N-methyl/N-ethyl adjacent to an activating group) is 1. The van der Waals surface area contributed by atoms with Crippen molar-refractivity contribution in [2.75, 3.05) is 52.9 Å². The molecule has 0 bridgehead atoms. The molecular formula is C46H50N8O5. The molecule has 5 heterocycles. The van der Waals surface area contributed by atoms with Crippen LogP contribution in [0, 0.1) is 0 Å². The van der Waals surface area contributed by atoms with Crippen LogP contribution in [0.5, 0.6) is 5.75 Å². The molecule has 3 aliphatic heterocycles. The number of fused-ring (bicyclic) bond motifs is 2. The van der Waals surface area contributed by atoms with Crippen LogP contribution in [-0.2, 0) is 40.8 Å². The number of pyridine rings is 1. The van der Waals surface area contributed by atoms with Crippen LogP contribution in [0.15, 0.2) is 110 Å². The third kappa shape index (κ3) is 8.08. The number of nitrogens with zero attached hydrogens (tertiary/aromatic N) is 8. The van der Waals surface area contributed by atoms with Crippen molar-refractivity contribution in [2.45, 2.75) is 38.0 Å². The van der Waals surface area contributed by atoms with E-state index >= 15 is 0 Å². The number of rotatable bonds is 11. The molecular weight excluding hydrogens is 745 g/mol. The first-order chi connectivity index (χ1) is 28.6. The van der Waals surface area contributed by atoms with Crippen molar-refractivity contribution in [3.8, 4) is 16.9 Å². The highest BCUT2D eigenvalue weighted by Gasteiger charge is 2.51. The van der Waals surface area contributed by atoms with Crippen molar-refractivity contribution in [1.82, 2.24) is 39.2 Å². The minimum absolute atomic E-state index is 0.0652. The second-order valence-electron chi connectivity index (χ2n) is 15.7. The van der Waals surface area contributed by atoms with Gasteiger partial charge in [-0.2, -0.15) is 0 Å². The number of carbonyl (C=O) groups is 4. The van der Waals surface area contributed by atoms with Crippen LogP contribution in [0.2, 0.25) is 0 Å². The number of para-hydroxylation sites is 1. The molecule has 5 aromatic rings. The Morgan fingerprint density at radius 2 is 1.66 bits per heavy atom. The maximum Gasteiger partial charge on any atom is 0.272 e. The van der Waals surface area contributed by atoms with Gasteiger partial charge in [0.25, 0.3) is 5.91 Å². The zero-order valence-corrected chi connectivity index (χ0v) is 33.6. The summed E-state index contributed by atoms with van der Waals surface area (Å²) in [5, 5.41) is 14.4. The van der Waals surface area contributed by atoms with Gasteiger partial charge in [0.2, 0.25) is 17.7 Å². The number of piperazine rings is 2. The number of hydrazine groups is 1. The van der Waals surface area contributed by atoms with Crippen molar-refractivity contribution < 1.29 is 24.3 Å². The van der Waals surface area contributed by atoms with Crippen molar-refractivity contribution in [3.63, 3.8) is 0 Å². The number of hydrogen-bond acceptors (Lipinski definition) is 8. The van der Waals surface area contributed by atoms with Gasteiger partial charge in [0.05, 0.1) is 18.6 Å². The van der Waals surface area contributed by atoms with E-state index in [9.17, 15) is 24.3 Å². The summed E-state index contributed by atoms with van der Waals surface area (Å²) in [5.74, 6) is -0.557. The van der Waals surface area contributed by atoms with Crippen LogP contribution in [0.3, 0.4) is 0 Å². The largest absolute Gasteiger partial charge is 0.508 e. The monoisotopic (exact) mass is 794 g/mol. The van der Waals surface area contributed by atoms with Gasteiger partial charge < -0.3 is 29.3 Å². The quantitative estimate of drug-likeness (QED) is 0.196. The van der Waals surface area contributed by atoms with Crippen molar-refractivity contribution >= 4 is 34.5 Å². The summed E-state index contributed by atoms with van der Waals surface area (Å²) in [7, 11) is 4.03. The molecule has 3 aromatic carbocycles. The zero-order valence-electron chi connectivity index (χ0n) is 33.6. The molecule has 3 fully saturated rings. The number of hydrogen-bond donors (Lipinski definition) is 1. The van der Waals surface area contributed by atoms with E-state index in [0.717, 1.165) is 51.8 Å². The average molecular weight is 795 g/mol. The molecule has 13 heteroatoms. The Bertz CT molecular complexity index is 2350. The Kier molecular flexibility index (Phi) is 11.3. The van der Waals surface area contributed by atoms with Crippen LogP contribution >= 0.6 is 0 Å². The van der Waals surface area contributed by atoms with Gasteiger partial charge in [-0.3, -0.25) is 24.2 Å². The first-order valence-electron chi connectivity index (χ1n) is 20.2. The van der Waals surface area contributed by atoms with E-state index in [-0.39, 0.29) is 68.4 Å². The van der Waals surface area contributed by atoms with Crippen LogP contribution in [0.1, 0.15) is 33.6 Å². The fourth-order valence-corrected chi connectivity index (χ4v) is 8.74. The van der Waals surface area contributed by atoms with Crippen LogP contribution in [-0.4, -0.2) is 133 Å². The molecule has 0 unspecified atom stereocenters. The third-order valence-electron chi connectivity index (χ3n) is 11.8. The van der Waals surface area contributed by atoms with Gasteiger partial charge in [-0.05, 0) is 48.4 Å². The molecule has 0 saturated carbocycles. The minimum Gasteiger partial charge on any atom is -0.508 e. The molecule has 4 amide bonds. The number of phenolic OH excluding ortho intramolecular Hbond substituents is 1. The Balaban J connectivity index is 1.11. The van der Waals surface area contributed by atoms with E-state index in [0.29, 0.717) is 25.2 Å². The highest BCUT2D eigenvalue weighted by atomic mass is 16.3. The first kappa shape index (κ1) is 39.5. The lowest BCUT2D eigenvalue weighted by Crippen LogP contribution is -2.75. The van der Waals surface area contributed by atoms with E-state index in [1.807, 2.05) is 77.3 Å². The number of aromatic nitrogens is 2. The molecule has 3 saturated heterocycles. The van der Waals surface area contributed by atoms with E-state index in [1.54, 1.807) is 62.4 Å². The van der Waals surface area contributed by atoms with Gasteiger partial charge >= 0.3 is 0 Å². The molecule has 59 heavy (non-hydrogen) atoms. The van der Waals surface area contributed by atoms with Crippen molar-refractivity contribution in [3.05, 3.63) is 132 Å². The number of phenols is 1. The summed E-state index contributed by atoms with van der Waals surface area (Å²) >= 11 is 0. The van der Waals surface area contributed by atoms with E-state index in [4.69, 9.17) is 0 Å². The van der Waals surface area contributed by atoms with Crippen LogP contribution in [0.4, 0.5) is 0 Å². The molecule has 3 aliphatic rings. The lowest BCUT2D eigenvalue weighted by atomic mass is 9.97. The van der Waals surface area contributed by atoms with Gasteiger partial charge in [-0.15, -0.1) is 6.58 Å². The molecule has 8 rings (SSSR count). The van der Waals surface area contributed by atoms with Gasteiger partial charge in [0.1, 0.15) is 23.7 Å². The number of benzene rings is 3. The maximum absolute atomic E-state index is 14.8. The molecule has 2 atom stereocenters. The predicted molar refractivity (Wildman–Crippen MR) is 225 cm³/mol. The second-order valence-corrected chi connectivity index (χ2v) is 15.7. The number of amides is 4. The lowest BCUT2D eigenvalue weighted by Gasteiger charge is -2.55. The minimum atomic E-state index is -0.887. The summed E-state index contributed by atoms with van der Waals surface area (Å²) in [4.78, 5) is 68.5. The predicted octanol–water partition coefficient (Wildman–Crippen LogP) is 4.32. The molecule has 304 valence electrons. The summed E-state index contributed by atoms with van der Waals surface area (Å²) in [6.45, 7) is 7.50. The molecule has 1 N–H and O–H groups in total. The SMILES string of the molecule is C=CCN1CC(=O)N2[C@@H](Cc3ccc(O)cc3)C(=O)N(Cc3cccc4c(-c5ccc(C(=O)N6CCN(C)CC6)nc5)cn(C)c34)C[C@@H]2N1C(=O)CCc1ccccc1. The Morgan fingerprint density at radius 1 is 0.898 bits per heavy atom. The summed E-state index contributed by atoms with van der Waals surface area (Å²) in [6, 6.07) is 25.4. The number of aryl methyl sites for hydroxylation is 2.